The summed E-state index contributed by atoms with van der Waals surface area (Å²) in [6.45, 7) is 5.01. The first kappa shape index (κ1) is 15.6. The van der Waals surface area contributed by atoms with Crippen LogP contribution in [0.15, 0.2) is 12.1 Å². The highest BCUT2D eigenvalue weighted by atomic mass is 16.7. The summed E-state index contributed by atoms with van der Waals surface area (Å²) in [5.74, 6) is -1.07. The van der Waals surface area contributed by atoms with Gasteiger partial charge in [0.1, 0.15) is 0 Å². The molecule has 1 atom stereocenters. The molecule has 0 saturated heterocycles. The van der Waals surface area contributed by atoms with Crippen LogP contribution in [0.5, 0.6) is 0 Å². The maximum atomic E-state index is 11.1. The van der Waals surface area contributed by atoms with Gasteiger partial charge in [-0.25, -0.2) is 0 Å². The van der Waals surface area contributed by atoms with Crippen LogP contribution < -0.4 is 0 Å². The highest BCUT2D eigenvalue weighted by molar-refractivity contribution is 5.92. The summed E-state index contributed by atoms with van der Waals surface area (Å²) in [5.41, 5.74) is 4.44. The van der Waals surface area contributed by atoms with Crippen molar-refractivity contribution < 1.29 is 14.3 Å². The zero-order valence-corrected chi connectivity index (χ0v) is 13.4. The molecule has 2 heterocycles. The van der Waals surface area contributed by atoms with Crippen molar-refractivity contribution in [1.29, 1.82) is 5.26 Å². The maximum Gasteiger partial charge on any atom is 0.295 e. The van der Waals surface area contributed by atoms with Crippen LogP contribution in [0.1, 0.15) is 48.6 Å². The van der Waals surface area contributed by atoms with Gasteiger partial charge in [0.15, 0.2) is 0 Å². The predicted octanol–water partition coefficient (Wildman–Crippen LogP) is 3.44. The SMILES string of the molecule is CCCCC1(OC=O)OCCc2c1[nH]c1c(C)ccc(C#N)c21. The summed E-state index contributed by atoms with van der Waals surface area (Å²) in [4.78, 5) is 14.5. The lowest BCUT2D eigenvalue weighted by Crippen LogP contribution is -2.38. The van der Waals surface area contributed by atoms with E-state index in [4.69, 9.17) is 9.47 Å². The number of benzene rings is 1. The van der Waals surface area contributed by atoms with E-state index in [0.29, 0.717) is 31.5 Å². The average Bonchev–Trinajstić information content (AvgIpc) is 2.96. The van der Waals surface area contributed by atoms with Gasteiger partial charge in [0.05, 0.1) is 29.5 Å². The van der Waals surface area contributed by atoms with Crippen LogP contribution in [-0.4, -0.2) is 18.1 Å². The molecule has 0 fully saturated rings. The summed E-state index contributed by atoms with van der Waals surface area (Å²) in [6.07, 6.45) is 3.16. The van der Waals surface area contributed by atoms with Gasteiger partial charge in [-0.05, 0) is 37.0 Å². The topological polar surface area (TPSA) is 75.1 Å². The van der Waals surface area contributed by atoms with Crippen LogP contribution in [0.3, 0.4) is 0 Å². The van der Waals surface area contributed by atoms with Gasteiger partial charge in [-0.15, -0.1) is 0 Å². The molecule has 1 aliphatic heterocycles. The Balaban J connectivity index is 2.26. The molecule has 0 bridgehead atoms. The van der Waals surface area contributed by atoms with Crippen molar-refractivity contribution in [1.82, 2.24) is 4.98 Å². The third-order valence-corrected chi connectivity index (χ3v) is 4.55. The van der Waals surface area contributed by atoms with E-state index in [9.17, 15) is 10.1 Å². The Morgan fingerprint density at radius 1 is 1.52 bits per heavy atom. The van der Waals surface area contributed by atoms with Gasteiger partial charge in [0.2, 0.25) is 0 Å². The van der Waals surface area contributed by atoms with Crippen LogP contribution in [-0.2, 0) is 26.5 Å². The van der Waals surface area contributed by atoms with Crippen molar-refractivity contribution >= 4 is 17.4 Å². The molecule has 0 radical (unpaired) electrons. The minimum Gasteiger partial charge on any atom is -0.429 e. The maximum absolute atomic E-state index is 11.1. The van der Waals surface area contributed by atoms with E-state index in [1.165, 1.54) is 0 Å². The van der Waals surface area contributed by atoms with E-state index < -0.39 is 5.79 Å². The fourth-order valence-electron chi connectivity index (χ4n) is 3.40. The summed E-state index contributed by atoms with van der Waals surface area (Å²) in [6, 6.07) is 6.04. The van der Waals surface area contributed by atoms with Gasteiger partial charge in [-0.2, -0.15) is 5.26 Å². The average molecular weight is 312 g/mol. The Morgan fingerprint density at radius 2 is 2.35 bits per heavy atom. The van der Waals surface area contributed by atoms with Crippen molar-refractivity contribution in [3.05, 3.63) is 34.5 Å². The van der Waals surface area contributed by atoms with Gasteiger partial charge < -0.3 is 14.5 Å². The molecular weight excluding hydrogens is 292 g/mol. The number of rotatable bonds is 5. The Bertz CT molecular complexity index is 788. The van der Waals surface area contributed by atoms with E-state index in [0.717, 1.165) is 40.6 Å². The number of fused-ring (bicyclic) bond motifs is 3. The number of unbranched alkanes of at least 4 members (excludes halogenated alkanes) is 1. The molecule has 0 amide bonds. The van der Waals surface area contributed by atoms with Crippen molar-refractivity contribution in [2.45, 2.75) is 45.3 Å². The third kappa shape index (κ3) is 2.40. The molecule has 23 heavy (non-hydrogen) atoms. The number of nitrogens with zero attached hydrogens (tertiary/aromatic N) is 1. The molecular formula is C18H20N2O3. The minimum absolute atomic E-state index is 0.453. The Hall–Kier alpha value is -2.32. The Labute approximate surface area is 135 Å². The summed E-state index contributed by atoms with van der Waals surface area (Å²) in [5, 5.41) is 10.4. The van der Waals surface area contributed by atoms with Gasteiger partial charge in [-0.1, -0.05) is 19.4 Å². The molecule has 1 aliphatic rings. The van der Waals surface area contributed by atoms with E-state index in [1.807, 2.05) is 19.1 Å². The standard InChI is InChI=1S/C18H20N2O3/c1-3-4-8-18(23-11-21)17-14(7-9-22-18)15-13(10-19)6-5-12(2)16(15)20-17/h5-6,11,20H,3-4,7-9H2,1-2H3. The predicted molar refractivity (Wildman–Crippen MR) is 85.8 cm³/mol. The largest absolute Gasteiger partial charge is 0.429 e. The number of hydrogen-bond acceptors (Lipinski definition) is 4. The summed E-state index contributed by atoms with van der Waals surface area (Å²) < 4.78 is 11.3. The van der Waals surface area contributed by atoms with Crippen LogP contribution in [0.2, 0.25) is 0 Å². The number of carbonyl (C=O) groups excluding carboxylic acids is 1. The van der Waals surface area contributed by atoms with E-state index in [-0.39, 0.29) is 0 Å². The van der Waals surface area contributed by atoms with Crippen LogP contribution in [0.25, 0.3) is 10.9 Å². The number of H-pyrrole nitrogens is 1. The molecule has 0 saturated carbocycles. The van der Waals surface area contributed by atoms with Crippen molar-refractivity contribution in [2.24, 2.45) is 0 Å². The first-order valence-corrected chi connectivity index (χ1v) is 7.97. The number of ether oxygens (including phenoxy) is 2. The number of aromatic nitrogens is 1. The second-order valence-corrected chi connectivity index (χ2v) is 5.94. The molecule has 2 aromatic rings. The Kier molecular flexibility index (Phi) is 4.10. The van der Waals surface area contributed by atoms with Crippen LogP contribution >= 0.6 is 0 Å². The van der Waals surface area contributed by atoms with Crippen molar-refractivity contribution in [2.75, 3.05) is 6.61 Å². The number of aromatic amines is 1. The molecule has 3 rings (SSSR count). The fourth-order valence-corrected chi connectivity index (χ4v) is 3.40. The quantitative estimate of drug-likeness (QED) is 0.858. The number of nitriles is 1. The van der Waals surface area contributed by atoms with Gasteiger partial charge in [-0.3, -0.25) is 4.79 Å². The zero-order chi connectivity index (χ0) is 16.4. The molecule has 5 heteroatoms. The molecule has 5 nitrogen and oxygen atoms in total. The smallest absolute Gasteiger partial charge is 0.295 e. The highest BCUT2D eigenvalue weighted by Crippen LogP contribution is 2.42. The van der Waals surface area contributed by atoms with E-state index in [1.54, 1.807) is 0 Å². The molecule has 1 unspecified atom stereocenters. The first-order chi connectivity index (χ1) is 11.2. The third-order valence-electron chi connectivity index (χ3n) is 4.55. The molecule has 1 aromatic carbocycles. The molecule has 0 spiro atoms. The van der Waals surface area contributed by atoms with E-state index >= 15 is 0 Å². The molecule has 1 aromatic heterocycles. The van der Waals surface area contributed by atoms with Crippen molar-refractivity contribution in [3.8, 4) is 6.07 Å². The zero-order valence-electron chi connectivity index (χ0n) is 13.4. The fraction of sp³-hybridized carbons (Fsp3) is 0.444. The van der Waals surface area contributed by atoms with Gasteiger partial charge >= 0.3 is 0 Å². The summed E-state index contributed by atoms with van der Waals surface area (Å²) in [7, 11) is 0. The number of aryl methyl sites for hydroxylation is 1. The molecule has 1 N–H and O–H groups in total. The normalized spacial score (nSPS) is 20.0. The Morgan fingerprint density at radius 3 is 3.04 bits per heavy atom. The lowest BCUT2D eigenvalue weighted by atomic mass is 9.94. The lowest BCUT2D eigenvalue weighted by molar-refractivity contribution is -0.240. The second kappa shape index (κ2) is 6.05. The molecule has 0 aliphatic carbocycles. The van der Waals surface area contributed by atoms with E-state index in [2.05, 4.69) is 18.0 Å². The van der Waals surface area contributed by atoms with Gasteiger partial charge in [0, 0.05) is 11.8 Å². The first-order valence-electron chi connectivity index (χ1n) is 7.97. The summed E-state index contributed by atoms with van der Waals surface area (Å²) >= 11 is 0. The minimum atomic E-state index is -1.07. The number of carbonyl (C=O) groups is 1. The molecule has 120 valence electrons. The highest BCUT2D eigenvalue weighted by Gasteiger charge is 2.42. The van der Waals surface area contributed by atoms with Gasteiger partial charge in [0.25, 0.3) is 12.3 Å². The van der Waals surface area contributed by atoms with Crippen molar-refractivity contribution in [3.63, 3.8) is 0 Å². The number of hydrogen-bond donors (Lipinski definition) is 1. The lowest BCUT2D eigenvalue weighted by Gasteiger charge is -2.35. The second-order valence-electron chi connectivity index (χ2n) is 5.94. The monoisotopic (exact) mass is 312 g/mol. The number of nitrogens with one attached hydrogen (secondary N) is 1. The van der Waals surface area contributed by atoms with Crippen LogP contribution in [0.4, 0.5) is 0 Å². The van der Waals surface area contributed by atoms with Crippen LogP contribution in [0, 0.1) is 18.3 Å².